The van der Waals surface area contributed by atoms with Crippen molar-refractivity contribution in [1.82, 2.24) is 0 Å². The maximum absolute atomic E-state index is 8.54. The first-order valence-electron chi connectivity index (χ1n) is 3.46. The lowest BCUT2D eigenvalue weighted by atomic mass is 10.0. The van der Waals surface area contributed by atoms with Crippen LogP contribution in [0.3, 0.4) is 0 Å². The normalized spacial score (nSPS) is 12.1. The molecule has 0 bridgehead atoms. The molecule has 0 aliphatic rings. The molecule has 0 spiro atoms. The summed E-state index contributed by atoms with van der Waals surface area (Å²) < 4.78 is 0. The summed E-state index contributed by atoms with van der Waals surface area (Å²) in [5, 5.41) is 8.54. The largest absolute Gasteiger partial charge is 0.312 e. The molecule has 0 heterocycles. The molecule has 0 aliphatic heterocycles. The molecule has 1 rings (SSSR count). The van der Waals surface area contributed by atoms with Gasteiger partial charge in [0.1, 0.15) is 6.04 Å². The van der Waals surface area contributed by atoms with Crippen molar-refractivity contribution in [3.63, 3.8) is 0 Å². The van der Waals surface area contributed by atoms with Gasteiger partial charge in [0.15, 0.2) is 0 Å². The molecule has 0 aliphatic carbocycles. The third-order valence-corrected chi connectivity index (χ3v) is 1.66. The fourth-order valence-electron chi connectivity index (χ4n) is 1.01. The first-order valence-corrected chi connectivity index (χ1v) is 3.46. The van der Waals surface area contributed by atoms with Crippen molar-refractivity contribution in [2.24, 2.45) is 5.73 Å². The van der Waals surface area contributed by atoms with E-state index in [4.69, 9.17) is 11.0 Å². The van der Waals surface area contributed by atoms with Crippen LogP contribution in [0.4, 0.5) is 0 Å². The van der Waals surface area contributed by atoms with Crippen LogP contribution < -0.4 is 5.73 Å². The van der Waals surface area contributed by atoms with E-state index in [2.05, 4.69) is 0 Å². The van der Waals surface area contributed by atoms with Gasteiger partial charge in [0.2, 0.25) is 0 Å². The lowest BCUT2D eigenvalue weighted by molar-refractivity contribution is 0.914. The van der Waals surface area contributed by atoms with Crippen molar-refractivity contribution >= 4 is 0 Å². The SMILES string of the molecule is Cc1ccccc1C(N)C#N. The smallest absolute Gasteiger partial charge is 0.119 e. The summed E-state index contributed by atoms with van der Waals surface area (Å²) in [6.07, 6.45) is 0. The summed E-state index contributed by atoms with van der Waals surface area (Å²) in [4.78, 5) is 0. The van der Waals surface area contributed by atoms with E-state index in [1.807, 2.05) is 37.3 Å². The van der Waals surface area contributed by atoms with Gasteiger partial charge in [0.25, 0.3) is 0 Å². The molecule has 0 aromatic heterocycles. The lowest BCUT2D eigenvalue weighted by Gasteiger charge is -2.05. The molecule has 2 N–H and O–H groups in total. The Labute approximate surface area is 66.3 Å². The van der Waals surface area contributed by atoms with Gasteiger partial charge < -0.3 is 5.73 Å². The van der Waals surface area contributed by atoms with Gasteiger partial charge in [0, 0.05) is 0 Å². The molecule has 1 aromatic rings. The number of nitrogens with zero attached hydrogens (tertiary/aromatic N) is 1. The van der Waals surface area contributed by atoms with Crippen molar-refractivity contribution in [3.05, 3.63) is 35.4 Å². The first-order chi connectivity index (χ1) is 5.25. The number of hydrogen-bond acceptors (Lipinski definition) is 2. The van der Waals surface area contributed by atoms with Crippen LogP contribution in [0, 0.1) is 18.3 Å². The highest BCUT2D eigenvalue weighted by Crippen LogP contribution is 2.13. The van der Waals surface area contributed by atoms with Crippen molar-refractivity contribution in [2.45, 2.75) is 13.0 Å². The fourth-order valence-corrected chi connectivity index (χ4v) is 1.01. The predicted octanol–water partition coefficient (Wildman–Crippen LogP) is 1.52. The number of aryl methyl sites for hydroxylation is 1. The zero-order valence-corrected chi connectivity index (χ0v) is 6.41. The standard InChI is InChI=1S/C9H10N2/c1-7-4-2-3-5-8(7)9(11)6-10/h2-5,9H,11H2,1H3. The van der Waals surface area contributed by atoms with Crippen LogP contribution in [0.15, 0.2) is 24.3 Å². The second-order valence-electron chi connectivity index (χ2n) is 2.46. The second-order valence-corrected chi connectivity index (χ2v) is 2.46. The highest BCUT2D eigenvalue weighted by atomic mass is 14.6. The molecule has 2 nitrogen and oxygen atoms in total. The third-order valence-electron chi connectivity index (χ3n) is 1.66. The van der Waals surface area contributed by atoms with Crippen LogP contribution in [0.1, 0.15) is 17.2 Å². The molecular weight excluding hydrogens is 136 g/mol. The van der Waals surface area contributed by atoms with Crippen molar-refractivity contribution in [1.29, 1.82) is 5.26 Å². The van der Waals surface area contributed by atoms with Gasteiger partial charge in [-0.2, -0.15) is 5.26 Å². The number of nitrogens with two attached hydrogens (primary N) is 1. The van der Waals surface area contributed by atoms with E-state index in [9.17, 15) is 0 Å². The fraction of sp³-hybridized carbons (Fsp3) is 0.222. The Bertz CT molecular complexity index is 286. The quantitative estimate of drug-likeness (QED) is 0.653. The lowest BCUT2D eigenvalue weighted by Crippen LogP contribution is -2.08. The Morgan fingerprint density at radius 2 is 2.09 bits per heavy atom. The Balaban J connectivity index is 3.05. The first kappa shape index (κ1) is 7.77. The van der Waals surface area contributed by atoms with E-state index < -0.39 is 6.04 Å². The monoisotopic (exact) mass is 146 g/mol. The summed E-state index contributed by atoms with van der Waals surface area (Å²) in [5.41, 5.74) is 7.52. The zero-order valence-electron chi connectivity index (χ0n) is 6.41. The summed E-state index contributed by atoms with van der Waals surface area (Å²) in [6.45, 7) is 1.95. The van der Waals surface area contributed by atoms with E-state index in [1.54, 1.807) is 0 Å². The Morgan fingerprint density at radius 3 is 2.64 bits per heavy atom. The molecule has 0 radical (unpaired) electrons. The summed E-state index contributed by atoms with van der Waals surface area (Å²) in [7, 11) is 0. The van der Waals surface area contributed by atoms with Crippen LogP contribution in [-0.4, -0.2) is 0 Å². The van der Waals surface area contributed by atoms with Gasteiger partial charge in [-0.15, -0.1) is 0 Å². The Hall–Kier alpha value is -1.33. The number of benzene rings is 1. The molecule has 11 heavy (non-hydrogen) atoms. The maximum atomic E-state index is 8.54. The second kappa shape index (κ2) is 3.18. The number of hydrogen-bond donors (Lipinski definition) is 1. The number of rotatable bonds is 1. The molecule has 0 fully saturated rings. The van der Waals surface area contributed by atoms with E-state index >= 15 is 0 Å². The Kier molecular flexibility index (Phi) is 2.25. The minimum atomic E-state index is -0.490. The molecular formula is C9H10N2. The molecule has 56 valence electrons. The third kappa shape index (κ3) is 1.57. The predicted molar refractivity (Wildman–Crippen MR) is 43.7 cm³/mol. The van der Waals surface area contributed by atoms with E-state index in [1.165, 1.54) is 0 Å². The van der Waals surface area contributed by atoms with Crippen LogP contribution in [0.25, 0.3) is 0 Å². The van der Waals surface area contributed by atoms with Gasteiger partial charge in [-0.1, -0.05) is 24.3 Å². The number of nitriles is 1. The highest BCUT2D eigenvalue weighted by Gasteiger charge is 2.04. The van der Waals surface area contributed by atoms with Gasteiger partial charge in [-0.05, 0) is 18.1 Å². The summed E-state index contributed by atoms with van der Waals surface area (Å²) in [6, 6.07) is 9.16. The van der Waals surface area contributed by atoms with Crippen LogP contribution >= 0.6 is 0 Å². The van der Waals surface area contributed by atoms with Crippen molar-refractivity contribution in [3.8, 4) is 6.07 Å². The minimum absolute atomic E-state index is 0.490. The highest BCUT2D eigenvalue weighted by molar-refractivity contribution is 5.31. The van der Waals surface area contributed by atoms with E-state index in [0.717, 1.165) is 11.1 Å². The summed E-state index contributed by atoms with van der Waals surface area (Å²) in [5.74, 6) is 0. The molecule has 0 saturated heterocycles. The van der Waals surface area contributed by atoms with Crippen LogP contribution in [0.5, 0.6) is 0 Å². The molecule has 0 saturated carbocycles. The average Bonchev–Trinajstić information content (AvgIpc) is 2.04. The van der Waals surface area contributed by atoms with Gasteiger partial charge in [-0.3, -0.25) is 0 Å². The molecule has 1 unspecified atom stereocenters. The van der Waals surface area contributed by atoms with Gasteiger partial charge >= 0.3 is 0 Å². The van der Waals surface area contributed by atoms with Crippen LogP contribution in [-0.2, 0) is 0 Å². The van der Waals surface area contributed by atoms with Crippen molar-refractivity contribution < 1.29 is 0 Å². The molecule has 2 heteroatoms. The van der Waals surface area contributed by atoms with E-state index in [0.29, 0.717) is 0 Å². The average molecular weight is 146 g/mol. The molecule has 0 amide bonds. The maximum Gasteiger partial charge on any atom is 0.119 e. The topological polar surface area (TPSA) is 49.8 Å². The Morgan fingerprint density at radius 1 is 1.45 bits per heavy atom. The zero-order chi connectivity index (χ0) is 8.27. The van der Waals surface area contributed by atoms with Crippen LogP contribution in [0.2, 0.25) is 0 Å². The summed E-state index contributed by atoms with van der Waals surface area (Å²) >= 11 is 0. The van der Waals surface area contributed by atoms with E-state index in [-0.39, 0.29) is 0 Å². The van der Waals surface area contributed by atoms with Gasteiger partial charge in [-0.25, -0.2) is 0 Å². The molecule has 1 atom stereocenters. The van der Waals surface area contributed by atoms with Gasteiger partial charge in [0.05, 0.1) is 6.07 Å². The van der Waals surface area contributed by atoms with Crippen molar-refractivity contribution in [2.75, 3.05) is 0 Å². The molecule has 1 aromatic carbocycles. The minimum Gasteiger partial charge on any atom is -0.312 e.